The highest BCUT2D eigenvalue weighted by molar-refractivity contribution is 7.13. The average molecular weight is 341 g/mol. The zero-order chi connectivity index (χ0) is 16.9. The third-order valence-electron chi connectivity index (χ3n) is 3.29. The number of hydrogen-bond donors (Lipinski definition) is 1. The maximum atomic E-state index is 12.2. The summed E-state index contributed by atoms with van der Waals surface area (Å²) in [4.78, 5) is 25.1. The number of thiophene rings is 1. The Morgan fingerprint density at radius 3 is 2.88 bits per heavy atom. The van der Waals surface area contributed by atoms with Crippen LogP contribution in [0.5, 0.6) is 5.75 Å². The maximum Gasteiger partial charge on any atom is 0.267 e. The topological polar surface area (TPSA) is 73.2 Å². The quantitative estimate of drug-likeness (QED) is 0.774. The summed E-state index contributed by atoms with van der Waals surface area (Å²) >= 11 is 1.52. The molecule has 2 aromatic heterocycles. The lowest BCUT2D eigenvalue weighted by molar-refractivity contribution is -0.117. The molecule has 0 spiro atoms. The van der Waals surface area contributed by atoms with Crippen LogP contribution in [0.2, 0.25) is 0 Å². The van der Waals surface area contributed by atoms with E-state index in [2.05, 4.69) is 10.4 Å². The second kappa shape index (κ2) is 7.10. The molecule has 2 heterocycles. The van der Waals surface area contributed by atoms with E-state index in [9.17, 15) is 9.59 Å². The van der Waals surface area contributed by atoms with Gasteiger partial charge in [0.1, 0.15) is 18.0 Å². The Balaban J connectivity index is 1.76. The van der Waals surface area contributed by atoms with Gasteiger partial charge < -0.3 is 10.1 Å². The molecule has 0 saturated heterocycles. The first kappa shape index (κ1) is 15.9. The SMILES string of the molecule is COc1cccc(NC(=O)Cn2nc(-c3cccs3)ccc2=O)c1. The normalized spacial score (nSPS) is 10.4. The van der Waals surface area contributed by atoms with Gasteiger partial charge in [0.2, 0.25) is 5.91 Å². The molecule has 6 nitrogen and oxygen atoms in total. The maximum absolute atomic E-state index is 12.2. The summed E-state index contributed by atoms with van der Waals surface area (Å²) < 4.78 is 6.27. The fraction of sp³-hybridized carbons (Fsp3) is 0.118. The Morgan fingerprint density at radius 1 is 1.25 bits per heavy atom. The average Bonchev–Trinajstić information content (AvgIpc) is 3.11. The third-order valence-corrected chi connectivity index (χ3v) is 4.18. The van der Waals surface area contributed by atoms with Crippen molar-refractivity contribution in [2.24, 2.45) is 0 Å². The molecule has 3 rings (SSSR count). The van der Waals surface area contributed by atoms with Crippen LogP contribution in [-0.4, -0.2) is 22.8 Å². The Kier molecular flexibility index (Phi) is 4.72. The Bertz CT molecular complexity index is 903. The van der Waals surface area contributed by atoms with E-state index in [-0.39, 0.29) is 18.0 Å². The van der Waals surface area contributed by atoms with E-state index < -0.39 is 0 Å². The van der Waals surface area contributed by atoms with Gasteiger partial charge in [0.05, 0.1) is 12.0 Å². The van der Waals surface area contributed by atoms with E-state index in [4.69, 9.17) is 4.74 Å². The van der Waals surface area contributed by atoms with Gasteiger partial charge in [-0.15, -0.1) is 11.3 Å². The number of rotatable bonds is 5. The summed E-state index contributed by atoms with van der Waals surface area (Å²) in [6, 6.07) is 13.9. The molecule has 0 fully saturated rings. The minimum atomic E-state index is -0.332. The number of ether oxygens (including phenoxy) is 1. The van der Waals surface area contributed by atoms with Crippen LogP contribution in [-0.2, 0) is 11.3 Å². The molecule has 0 saturated carbocycles. The van der Waals surface area contributed by atoms with Crippen LogP contribution in [0.3, 0.4) is 0 Å². The largest absolute Gasteiger partial charge is 0.497 e. The molecular weight excluding hydrogens is 326 g/mol. The van der Waals surface area contributed by atoms with Crippen LogP contribution in [0.15, 0.2) is 58.7 Å². The van der Waals surface area contributed by atoms with Crippen LogP contribution in [0.1, 0.15) is 0 Å². The van der Waals surface area contributed by atoms with E-state index in [1.54, 1.807) is 37.4 Å². The third kappa shape index (κ3) is 3.69. The second-order valence-corrected chi connectivity index (χ2v) is 5.92. The van der Waals surface area contributed by atoms with Crippen LogP contribution in [0.25, 0.3) is 10.6 Å². The molecule has 24 heavy (non-hydrogen) atoms. The minimum Gasteiger partial charge on any atom is -0.497 e. The number of carbonyl (C=O) groups excluding carboxylic acids is 1. The molecule has 0 unspecified atom stereocenters. The summed E-state index contributed by atoms with van der Waals surface area (Å²) in [7, 11) is 1.56. The molecule has 0 aliphatic heterocycles. The summed E-state index contributed by atoms with van der Waals surface area (Å²) in [5, 5.41) is 8.92. The van der Waals surface area contributed by atoms with Gasteiger partial charge in [0.25, 0.3) is 5.56 Å². The van der Waals surface area contributed by atoms with E-state index in [0.29, 0.717) is 17.1 Å². The number of carbonyl (C=O) groups is 1. The monoisotopic (exact) mass is 341 g/mol. The molecule has 1 amide bonds. The zero-order valence-electron chi connectivity index (χ0n) is 12.9. The number of nitrogens with zero attached hydrogens (tertiary/aromatic N) is 2. The minimum absolute atomic E-state index is 0.157. The van der Waals surface area contributed by atoms with Crippen molar-refractivity contribution in [2.45, 2.75) is 6.54 Å². The van der Waals surface area contributed by atoms with E-state index in [0.717, 1.165) is 9.56 Å². The molecule has 122 valence electrons. The van der Waals surface area contributed by atoms with E-state index >= 15 is 0 Å². The summed E-state index contributed by atoms with van der Waals surface area (Å²) in [6.45, 7) is -0.157. The van der Waals surface area contributed by atoms with Gasteiger partial charge in [0.15, 0.2) is 0 Å². The number of hydrogen-bond acceptors (Lipinski definition) is 5. The fourth-order valence-corrected chi connectivity index (χ4v) is 2.85. The van der Waals surface area contributed by atoms with Gasteiger partial charge in [-0.2, -0.15) is 5.10 Å². The van der Waals surface area contributed by atoms with Crippen molar-refractivity contribution in [3.05, 3.63) is 64.3 Å². The summed E-state index contributed by atoms with van der Waals surface area (Å²) in [6.07, 6.45) is 0. The van der Waals surface area contributed by atoms with Gasteiger partial charge in [-0.3, -0.25) is 9.59 Å². The molecule has 1 N–H and O–H groups in total. The molecule has 1 aromatic carbocycles. The lowest BCUT2D eigenvalue weighted by Gasteiger charge is -2.08. The molecular formula is C17H15N3O3S. The number of nitrogens with one attached hydrogen (secondary N) is 1. The van der Waals surface area contributed by atoms with Gasteiger partial charge in [-0.1, -0.05) is 12.1 Å². The molecule has 0 aliphatic rings. The van der Waals surface area contributed by atoms with Gasteiger partial charge in [-0.05, 0) is 29.6 Å². The van der Waals surface area contributed by atoms with Crippen molar-refractivity contribution in [2.75, 3.05) is 12.4 Å². The second-order valence-electron chi connectivity index (χ2n) is 4.97. The molecule has 3 aromatic rings. The first-order valence-corrected chi connectivity index (χ1v) is 8.09. The van der Waals surface area contributed by atoms with Crippen molar-refractivity contribution in [1.29, 1.82) is 0 Å². The van der Waals surface area contributed by atoms with Crippen molar-refractivity contribution in [1.82, 2.24) is 9.78 Å². The first-order chi connectivity index (χ1) is 11.7. The zero-order valence-corrected chi connectivity index (χ0v) is 13.7. The van der Waals surface area contributed by atoms with Crippen LogP contribution < -0.4 is 15.6 Å². The number of benzene rings is 1. The summed E-state index contributed by atoms with van der Waals surface area (Å²) in [5.41, 5.74) is 0.941. The van der Waals surface area contributed by atoms with Crippen molar-refractivity contribution in [3.63, 3.8) is 0 Å². The molecule has 0 aliphatic carbocycles. The Morgan fingerprint density at radius 2 is 2.12 bits per heavy atom. The number of aromatic nitrogens is 2. The highest BCUT2D eigenvalue weighted by Crippen LogP contribution is 2.21. The Hall–Kier alpha value is -2.93. The summed E-state index contributed by atoms with van der Waals surface area (Å²) in [5.74, 6) is 0.309. The Labute approximate surface area is 142 Å². The van der Waals surface area contributed by atoms with Gasteiger partial charge >= 0.3 is 0 Å². The number of anilines is 1. The van der Waals surface area contributed by atoms with Crippen molar-refractivity contribution in [3.8, 4) is 16.3 Å². The van der Waals surface area contributed by atoms with E-state index in [1.807, 2.05) is 17.5 Å². The first-order valence-electron chi connectivity index (χ1n) is 7.21. The van der Waals surface area contributed by atoms with Gasteiger partial charge in [-0.25, -0.2) is 4.68 Å². The highest BCUT2D eigenvalue weighted by atomic mass is 32.1. The standard InChI is InChI=1S/C17H15N3O3S/c1-23-13-5-2-4-12(10-13)18-16(21)11-20-17(22)8-7-14(19-20)15-6-3-9-24-15/h2-10H,11H2,1H3,(H,18,21). The highest BCUT2D eigenvalue weighted by Gasteiger charge is 2.09. The van der Waals surface area contributed by atoms with Crippen LogP contribution in [0.4, 0.5) is 5.69 Å². The van der Waals surface area contributed by atoms with Crippen molar-refractivity contribution < 1.29 is 9.53 Å². The molecule has 7 heteroatoms. The molecule has 0 radical (unpaired) electrons. The fourth-order valence-electron chi connectivity index (χ4n) is 2.16. The lowest BCUT2D eigenvalue weighted by atomic mass is 10.3. The molecule has 0 bridgehead atoms. The predicted octanol–water partition coefficient (Wildman–Crippen LogP) is 2.62. The van der Waals surface area contributed by atoms with Crippen LogP contribution in [0, 0.1) is 0 Å². The number of methoxy groups -OCH3 is 1. The lowest BCUT2D eigenvalue weighted by Crippen LogP contribution is -2.29. The predicted molar refractivity (Wildman–Crippen MR) is 93.4 cm³/mol. The van der Waals surface area contributed by atoms with Gasteiger partial charge in [0, 0.05) is 17.8 Å². The smallest absolute Gasteiger partial charge is 0.267 e. The van der Waals surface area contributed by atoms with Crippen LogP contribution >= 0.6 is 11.3 Å². The number of amides is 1. The van der Waals surface area contributed by atoms with Crippen molar-refractivity contribution >= 4 is 22.9 Å². The van der Waals surface area contributed by atoms with E-state index in [1.165, 1.54) is 17.4 Å². The molecule has 0 atom stereocenters.